The van der Waals surface area contributed by atoms with Gasteiger partial charge in [-0.15, -0.1) is 0 Å². The normalized spacial score (nSPS) is 23.6. The summed E-state index contributed by atoms with van der Waals surface area (Å²) in [5, 5.41) is 14.9. The Morgan fingerprint density at radius 3 is 2.39 bits per heavy atom. The van der Waals surface area contributed by atoms with Gasteiger partial charge in [0.1, 0.15) is 29.8 Å². The lowest BCUT2D eigenvalue weighted by atomic mass is 9.76. The average Bonchev–Trinajstić information content (AvgIpc) is 3.99. The number of aliphatic hydroxyl groups excluding tert-OH is 1. The Morgan fingerprint density at radius 2 is 1.69 bits per heavy atom. The monoisotopic (exact) mass is 1030 g/mol. The molecule has 6 atom stereocenters. The van der Waals surface area contributed by atoms with E-state index in [1.54, 1.807) is 30.6 Å². The molecular formula is C57H75N10O6S+. The number of anilines is 2. The molecular weight excluding hydrogens is 953 g/mol. The van der Waals surface area contributed by atoms with Crippen molar-refractivity contribution in [2.45, 2.75) is 186 Å². The Balaban J connectivity index is 1.17. The quantitative estimate of drug-likeness (QED) is 0.0948. The molecule has 1 amide bonds. The van der Waals surface area contributed by atoms with Crippen LogP contribution in [0.2, 0.25) is 0 Å². The number of rotatable bonds is 13. The van der Waals surface area contributed by atoms with Crippen LogP contribution in [-0.2, 0) is 10.0 Å². The van der Waals surface area contributed by atoms with Gasteiger partial charge < -0.3 is 24.4 Å². The molecule has 5 aromatic rings. The Kier molecular flexibility index (Phi) is 14.2. The second kappa shape index (κ2) is 20.4. The van der Waals surface area contributed by atoms with Crippen molar-refractivity contribution in [2.75, 3.05) is 16.7 Å². The average molecular weight is 1030 g/mol. The molecule has 394 valence electrons. The number of benzene rings is 2. The van der Waals surface area contributed by atoms with E-state index in [9.17, 15) is 5.11 Å². The van der Waals surface area contributed by atoms with Gasteiger partial charge in [0.2, 0.25) is 17.6 Å². The maximum atomic E-state index is 16.3. The molecule has 74 heavy (non-hydrogen) atoms. The number of carbonyl (C=O) groups excluding carboxylic acids is 1. The molecule has 2 saturated heterocycles. The van der Waals surface area contributed by atoms with Crippen LogP contribution < -0.4 is 29.0 Å². The molecule has 6 unspecified atom stereocenters. The van der Waals surface area contributed by atoms with Crippen molar-refractivity contribution in [3.8, 4) is 28.6 Å². The van der Waals surface area contributed by atoms with E-state index in [1.807, 2.05) is 68.5 Å². The summed E-state index contributed by atoms with van der Waals surface area (Å²) < 4.78 is 48.3. The highest BCUT2D eigenvalue weighted by Gasteiger charge is 2.54. The third-order valence-corrected chi connectivity index (χ3v) is 17.4. The minimum atomic E-state index is -4.53. The number of fused-ring (bicyclic) bond motifs is 5. The van der Waals surface area contributed by atoms with Crippen molar-refractivity contribution < 1.29 is 32.4 Å². The van der Waals surface area contributed by atoms with Crippen molar-refractivity contribution in [2.24, 2.45) is 17.3 Å². The first-order chi connectivity index (χ1) is 35.2. The number of hydrogen-bond acceptors (Lipinski definition) is 13. The largest absolute Gasteiger partial charge is 0.484 e. The van der Waals surface area contributed by atoms with Gasteiger partial charge in [0.05, 0.1) is 52.5 Å². The standard InChI is InChI=1S/C57H75N10O6S/c1-32(2)21-48(68)43-17-18-44(60-43)54-59-29-41(72-34(5)6)31-66(54)39-23-38-24-42(25-39)74(70,71)64-56-61-45(52-35(7)13-11-14-36(52)8)26-51(63-56)73-49(22-33(3)4)46-15-12-16-47(67(46)55(38)69)53-37(9)58-30-50(62-53)65(10)40-27-57(28-40)19-20-57/h11,13-14,23-26,29-34,40,43-44,46-49,60,68H,12,15-22,27-28H2,1-10H3,(H,61,63,64)/q+1. The Hall–Kier alpha value is -5.78. The highest BCUT2D eigenvalue weighted by Crippen LogP contribution is 2.62. The molecule has 6 heterocycles. The van der Waals surface area contributed by atoms with Gasteiger partial charge in [-0.2, -0.15) is 9.55 Å². The number of sulfonamides is 1. The molecule has 17 heteroatoms. The fourth-order valence-electron chi connectivity index (χ4n) is 12.1. The molecule has 3 aliphatic heterocycles. The first kappa shape index (κ1) is 51.7. The van der Waals surface area contributed by atoms with Gasteiger partial charge in [-0.25, -0.2) is 23.1 Å². The number of nitrogens with zero attached hydrogens (tertiary/aromatic N) is 8. The lowest BCUT2D eigenvalue weighted by Crippen LogP contribution is -2.53. The molecule has 0 radical (unpaired) electrons. The van der Waals surface area contributed by atoms with Gasteiger partial charge in [0.15, 0.2) is 6.20 Å². The zero-order chi connectivity index (χ0) is 52.4. The molecule has 4 fully saturated rings. The van der Waals surface area contributed by atoms with E-state index in [0.717, 1.165) is 47.5 Å². The molecule has 3 aromatic heterocycles. The minimum absolute atomic E-state index is 0.148. The fourth-order valence-corrected chi connectivity index (χ4v) is 13.1. The second-order valence-electron chi connectivity index (χ2n) is 23.2. The molecule has 4 bridgehead atoms. The van der Waals surface area contributed by atoms with E-state index in [4.69, 9.17) is 34.4 Å². The number of aromatic nitrogens is 6. The minimum Gasteiger partial charge on any atom is -0.484 e. The van der Waals surface area contributed by atoms with E-state index >= 15 is 13.2 Å². The van der Waals surface area contributed by atoms with Crippen LogP contribution >= 0.6 is 0 Å². The second-order valence-corrected chi connectivity index (χ2v) is 24.9. The van der Waals surface area contributed by atoms with Gasteiger partial charge >= 0.3 is 5.82 Å². The lowest BCUT2D eigenvalue weighted by Gasteiger charge is -2.46. The number of nitrogens with one attached hydrogen (secondary N) is 2. The third kappa shape index (κ3) is 10.6. The molecule has 1 spiro atoms. The zero-order valence-corrected chi connectivity index (χ0v) is 45.6. The molecule has 10 rings (SSSR count). The molecule has 2 aromatic carbocycles. The van der Waals surface area contributed by atoms with E-state index in [0.29, 0.717) is 84.5 Å². The summed E-state index contributed by atoms with van der Waals surface area (Å²) in [6.07, 6.45) is 13.5. The van der Waals surface area contributed by atoms with Crippen LogP contribution in [0.5, 0.6) is 11.6 Å². The number of aliphatic hydroxyl groups is 1. The summed E-state index contributed by atoms with van der Waals surface area (Å²) in [6, 6.07) is 11.4. The van der Waals surface area contributed by atoms with Crippen LogP contribution in [0.1, 0.15) is 163 Å². The van der Waals surface area contributed by atoms with Gasteiger partial charge in [-0.05, 0) is 151 Å². The summed E-state index contributed by atoms with van der Waals surface area (Å²) in [5.41, 5.74) is 5.75. The van der Waals surface area contributed by atoms with Crippen molar-refractivity contribution in [3.63, 3.8) is 0 Å². The van der Waals surface area contributed by atoms with E-state index in [1.165, 1.54) is 18.9 Å². The summed E-state index contributed by atoms with van der Waals surface area (Å²) in [6.45, 7) is 18.3. The molecule has 3 N–H and O–H groups in total. The molecule has 16 nitrogen and oxygen atoms in total. The van der Waals surface area contributed by atoms with Crippen molar-refractivity contribution >= 4 is 27.7 Å². The van der Waals surface area contributed by atoms with Crippen molar-refractivity contribution in [3.05, 3.63) is 95.0 Å². The van der Waals surface area contributed by atoms with Gasteiger partial charge in [-0.1, -0.05) is 45.9 Å². The lowest BCUT2D eigenvalue weighted by molar-refractivity contribution is -0.610. The van der Waals surface area contributed by atoms with Crippen LogP contribution in [0.25, 0.3) is 16.9 Å². The van der Waals surface area contributed by atoms with Crippen molar-refractivity contribution in [1.29, 1.82) is 0 Å². The topological polar surface area (TPSA) is 189 Å². The molecule has 2 saturated carbocycles. The number of piperidine rings is 1. The summed E-state index contributed by atoms with van der Waals surface area (Å²) in [5.74, 6) is 1.95. The predicted molar refractivity (Wildman–Crippen MR) is 284 cm³/mol. The van der Waals surface area contributed by atoms with Crippen LogP contribution in [0.3, 0.4) is 0 Å². The summed E-state index contributed by atoms with van der Waals surface area (Å²) in [7, 11) is -2.42. The number of amides is 1. The highest BCUT2D eigenvalue weighted by molar-refractivity contribution is 7.92. The summed E-state index contributed by atoms with van der Waals surface area (Å²) >= 11 is 0. The number of ether oxygens (including phenoxy) is 2. The van der Waals surface area contributed by atoms with Crippen LogP contribution in [0, 0.1) is 38.0 Å². The maximum Gasteiger partial charge on any atom is 0.320 e. The fraction of sp³-hybridized carbons (Fsp3) is 0.561. The number of carbonyl (C=O) groups is 1. The van der Waals surface area contributed by atoms with Gasteiger partial charge in [-0.3, -0.25) is 15.1 Å². The predicted octanol–water partition coefficient (Wildman–Crippen LogP) is 9.24. The Bertz CT molecular complexity index is 3010. The number of hydrogen-bond donors (Lipinski definition) is 3. The smallest absolute Gasteiger partial charge is 0.320 e. The highest BCUT2D eigenvalue weighted by atomic mass is 32.2. The van der Waals surface area contributed by atoms with Gasteiger partial charge in [0.25, 0.3) is 15.9 Å². The van der Waals surface area contributed by atoms with Crippen LogP contribution in [0.4, 0.5) is 11.8 Å². The van der Waals surface area contributed by atoms with Crippen molar-refractivity contribution in [1.82, 2.24) is 35.1 Å². The van der Waals surface area contributed by atoms with Crippen LogP contribution in [0.15, 0.2) is 66.0 Å². The Labute approximate surface area is 437 Å². The Morgan fingerprint density at radius 1 is 0.932 bits per heavy atom. The van der Waals surface area contributed by atoms with E-state index in [2.05, 4.69) is 49.7 Å². The maximum absolute atomic E-state index is 16.3. The van der Waals surface area contributed by atoms with Crippen LogP contribution in [-0.4, -0.2) is 92.7 Å². The third-order valence-electron chi connectivity index (χ3n) is 16.1. The van der Waals surface area contributed by atoms with E-state index in [-0.39, 0.29) is 52.3 Å². The van der Waals surface area contributed by atoms with Gasteiger partial charge in [0, 0.05) is 42.4 Å². The SMILES string of the molecule is Cc1cccc(C)c1-c1cc2nc(n1)NS(=O)(=O)c1cc(cc(-[n+]3cc(OC(C)C)cnc3C3CCC(C(O)CC(C)C)N3)c1)C(=O)N1C(c3nc(N(C)C4CC5(CC5)C4)cnc3C)CCCC1C(CC(C)C)O2. The number of aryl methyl sites for hydroxylation is 3. The summed E-state index contributed by atoms with van der Waals surface area (Å²) in [4.78, 5) is 45.3. The molecule has 2 aliphatic carbocycles. The molecule has 5 aliphatic rings. The first-order valence-corrected chi connectivity index (χ1v) is 28.4. The first-order valence-electron chi connectivity index (χ1n) is 27.0. The zero-order valence-electron chi connectivity index (χ0n) is 44.8. The van der Waals surface area contributed by atoms with E-state index < -0.39 is 34.3 Å².